The molecule has 0 bridgehead atoms. The molecule has 0 unspecified atom stereocenters. The lowest BCUT2D eigenvalue weighted by atomic mass is 9.91. The van der Waals surface area contributed by atoms with Crippen molar-refractivity contribution in [2.45, 2.75) is 30.5 Å². The van der Waals surface area contributed by atoms with E-state index in [0.29, 0.717) is 11.1 Å². The fourth-order valence-electron chi connectivity index (χ4n) is 3.09. The number of esters is 1. The first kappa shape index (κ1) is 21.0. The molecule has 0 amide bonds. The molecule has 0 aromatic heterocycles. The summed E-state index contributed by atoms with van der Waals surface area (Å²) in [6.07, 6.45) is -5.96. The van der Waals surface area contributed by atoms with Crippen molar-refractivity contribution in [2.24, 2.45) is 0 Å². The van der Waals surface area contributed by atoms with E-state index >= 15 is 0 Å². The van der Waals surface area contributed by atoms with Gasteiger partial charge in [0.15, 0.2) is 0 Å². The zero-order chi connectivity index (χ0) is 21.0. The van der Waals surface area contributed by atoms with Crippen LogP contribution in [0.5, 0.6) is 0 Å². The Hall–Kier alpha value is -2.73. The molecule has 0 radical (unpaired) electrons. The van der Waals surface area contributed by atoms with Crippen molar-refractivity contribution in [3.63, 3.8) is 0 Å². The summed E-state index contributed by atoms with van der Waals surface area (Å²) in [5.74, 6) is 5.59. The minimum Gasteiger partial charge on any atom is -0.465 e. The van der Waals surface area contributed by atoms with Gasteiger partial charge in [0.1, 0.15) is 30.5 Å². The van der Waals surface area contributed by atoms with Crippen LogP contribution < -0.4 is 0 Å². The van der Waals surface area contributed by atoms with Crippen molar-refractivity contribution in [3.8, 4) is 11.8 Å². The van der Waals surface area contributed by atoms with Crippen LogP contribution in [0.4, 0.5) is 0 Å². The highest BCUT2D eigenvalue weighted by Gasteiger charge is 2.43. The molecule has 1 aliphatic rings. The van der Waals surface area contributed by atoms with Gasteiger partial charge in [-0.3, -0.25) is 0 Å². The minimum absolute atomic E-state index is 0.409. The van der Waals surface area contributed by atoms with Crippen molar-refractivity contribution in [1.82, 2.24) is 0 Å². The first-order valence-corrected chi connectivity index (χ1v) is 9.05. The second-order valence-electron chi connectivity index (χ2n) is 6.69. The van der Waals surface area contributed by atoms with Crippen molar-refractivity contribution in [3.05, 3.63) is 70.8 Å². The highest BCUT2D eigenvalue weighted by Crippen LogP contribution is 2.32. The van der Waals surface area contributed by atoms with E-state index in [1.165, 1.54) is 7.11 Å². The lowest BCUT2D eigenvalue weighted by Crippen LogP contribution is -2.55. The number of aliphatic hydroxyl groups excluding tert-OH is 4. The normalized spacial score (nSPS) is 26.3. The second-order valence-corrected chi connectivity index (χ2v) is 6.69. The molecule has 1 saturated heterocycles. The molecule has 29 heavy (non-hydrogen) atoms. The smallest absolute Gasteiger partial charge is 0.337 e. The average Bonchev–Trinajstić information content (AvgIpc) is 2.76. The van der Waals surface area contributed by atoms with E-state index in [2.05, 4.69) is 16.6 Å². The Bertz CT molecular complexity index is 893. The largest absolute Gasteiger partial charge is 0.465 e. The van der Waals surface area contributed by atoms with Gasteiger partial charge < -0.3 is 29.9 Å². The Morgan fingerprint density at radius 3 is 2.00 bits per heavy atom. The number of hydrogen-bond donors (Lipinski definition) is 4. The topological polar surface area (TPSA) is 116 Å². The van der Waals surface area contributed by atoms with E-state index in [1.54, 1.807) is 48.5 Å². The van der Waals surface area contributed by atoms with Crippen molar-refractivity contribution >= 4 is 5.97 Å². The molecule has 0 saturated carbocycles. The van der Waals surface area contributed by atoms with E-state index in [0.717, 1.165) is 11.1 Å². The minimum atomic E-state index is -1.42. The van der Waals surface area contributed by atoms with Gasteiger partial charge in [0.05, 0.1) is 19.3 Å². The van der Waals surface area contributed by atoms with E-state index in [4.69, 9.17) is 4.74 Å². The maximum Gasteiger partial charge on any atom is 0.337 e. The van der Waals surface area contributed by atoms with Gasteiger partial charge in [-0.1, -0.05) is 24.0 Å². The summed E-state index contributed by atoms with van der Waals surface area (Å²) in [4.78, 5) is 11.4. The molecule has 7 heteroatoms. The highest BCUT2D eigenvalue weighted by atomic mass is 16.5. The summed E-state index contributed by atoms with van der Waals surface area (Å²) < 4.78 is 10.2. The average molecular weight is 398 g/mol. The summed E-state index contributed by atoms with van der Waals surface area (Å²) in [7, 11) is 1.32. The van der Waals surface area contributed by atoms with Crippen LogP contribution in [0.15, 0.2) is 48.5 Å². The molecule has 2 aromatic carbocycles. The van der Waals surface area contributed by atoms with Crippen molar-refractivity contribution in [2.75, 3.05) is 13.7 Å². The fourth-order valence-corrected chi connectivity index (χ4v) is 3.09. The first-order valence-electron chi connectivity index (χ1n) is 9.05. The molecule has 0 aliphatic carbocycles. The SMILES string of the molecule is COC(=O)c1ccc(C#Cc2ccc([C@H]3O[C@H](CO)[C@@H](O)[C@H](O)[C@H]3O)cc2)cc1. The number of rotatable bonds is 3. The van der Waals surface area contributed by atoms with Crippen LogP contribution in [-0.2, 0) is 9.47 Å². The Morgan fingerprint density at radius 1 is 0.931 bits per heavy atom. The Morgan fingerprint density at radius 2 is 1.48 bits per heavy atom. The van der Waals surface area contributed by atoms with Crippen molar-refractivity contribution in [1.29, 1.82) is 0 Å². The monoisotopic (exact) mass is 398 g/mol. The third-order valence-corrected chi connectivity index (χ3v) is 4.79. The number of ether oxygens (including phenoxy) is 2. The molecular formula is C22H22O7. The molecule has 5 atom stereocenters. The summed E-state index contributed by atoms with van der Waals surface area (Å²) in [5, 5.41) is 39.3. The maximum absolute atomic E-state index is 11.4. The predicted molar refractivity (Wildman–Crippen MR) is 103 cm³/mol. The standard InChI is InChI=1S/C22H22O7/c1-28-22(27)16-10-6-14(7-11-16)3-2-13-4-8-15(9-5-13)21-20(26)19(25)18(24)17(12-23)29-21/h4-11,17-21,23-26H,12H2,1H3/t17-,18-,19+,20-,21-/m1/s1. The molecule has 1 aliphatic heterocycles. The summed E-state index contributed by atoms with van der Waals surface area (Å²) in [6.45, 7) is -0.472. The predicted octanol–water partition coefficient (Wildman–Crippen LogP) is 0.388. The molecule has 1 heterocycles. The summed E-state index contributed by atoms with van der Waals surface area (Å²) in [5.41, 5.74) is 2.49. The number of benzene rings is 2. The third kappa shape index (κ3) is 4.65. The molecule has 152 valence electrons. The quantitative estimate of drug-likeness (QED) is 0.437. The van der Waals surface area contributed by atoms with Crippen LogP contribution in [-0.4, -0.2) is 64.5 Å². The zero-order valence-electron chi connectivity index (χ0n) is 15.7. The van der Waals surface area contributed by atoms with Crippen LogP contribution in [0.3, 0.4) is 0 Å². The summed E-state index contributed by atoms with van der Waals surface area (Å²) in [6, 6.07) is 13.6. The van der Waals surface area contributed by atoms with E-state index in [1.807, 2.05) is 0 Å². The van der Waals surface area contributed by atoms with E-state index in [9.17, 15) is 25.2 Å². The Kier molecular flexibility index (Phi) is 6.64. The van der Waals surface area contributed by atoms with Gasteiger partial charge in [0.2, 0.25) is 0 Å². The van der Waals surface area contributed by atoms with Gasteiger partial charge in [-0.15, -0.1) is 0 Å². The Balaban J connectivity index is 1.72. The number of aliphatic hydroxyl groups is 4. The van der Waals surface area contributed by atoms with E-state index in [-0.39, 0.29) is 0 Å². The van der Waals surface area contributed by atoms with Crippen LogP contribution in [0.25, 0.3) is 0 Å². The lowest BCUT2D eigenvalue weighted by Gasteiger charge is -2.40. The van der Waals surface area contributed by atoms with Gasteiger partial charge >= 0.3 is 5.97 Å². The van der Waals surface area contributed by atoms with Gasteiger partial charge in [0.25, 0.3) is 0 Å². The molecule has 4 N–H and O–H groups in total. The maximum atomic E-state index is 11.4. The fraction of sp³-hybridized carbons (Fsp3) is 0.318. The number of hydrogen-bond acceptors (Lipinski definition) is 7. The molecule has 7 nitrogen and oxygen atoms in total. The van der Waals surface area contributed by atoms with Crippen LogP contribution in [0.1, 0.15) is 33.2 Å². The summed E-state index contributed by atoms with van der Waals surface area (Å²) >= 11 is 0. The molecular weight excluding hydrogens is 376 g/mol. The van der Waals surface area contributed by atoms with E-state index < -0.39 is 43.1 Å². The molecule has 1 fully saturated rings. The van der Waals surface area contributed by atoms with Gasteiger partial charge in [0, 0.05) is 11.1 Å². The highest BCUT2D eigenvalue weighted by molar-refractivity contribution is 5.89. The van der Waals surface area contributed by atoms with Crippen LogP contribution in [0, 0.1) is 11.8 Å². The molecule has 3 rings (SSSR count). The van der Waals surface area contributed by atoms with Gasteiger partial charge in [-0.05, 0) is 42.0 Å². The number of carbonyl (C=O) groups excluding carboxylic acids is 1. The number of carbonyl (C=O) groups is 1. The third-order valence-electron chi connectivity index (χ3n) is 4.79. The molecule has 2 aromatic rings. The van der Waals surface area contributed by atoms with Gasteiger partial charge in [-0.2, -0.15) is 0 Å². The zero-order valence-corrected chi connectivity index (χ0v) is 15.7. The molecule has 0 spiro atoms. The van der Waals surface area contributed by atoms with Crippen molar-refractivity contribution < 1.29 is 34.7 Å². The van der Waals surface area contributed by atoms with Crippen LogP contribution >= 0.6 is 0 Å². The van der Waals surface area contributed by atoms with Gasteiger partial charge in [-0.25, -0.2) is 4.79 Å². The lowest BCUT2D eigenvalue weighted by molar-refractivity contribution is -0.231. The van der Waals surface area contributed by atoms with Crippen LogP contribution in [0.2, 0.25) is 0 Å². The number of methoxy groups -OCH3 is 1. The first-order chi connectivity index (χ1) is 13.9. The second kappa shape index (κ2) is 9.18. The Labute approximate surface area is 168 Å².